The molecule has 0 aliphatic rings. The standard InChI is InChI=1S/C23H24N4O4/c1-6-14-27-22(28)20-21(26(7-2)23(27)29)24-19(25(20)5)13-11-16-10-12-17(30-8-3)18(15-16)31-9-4/h1,10,12,15H,7-9,14H2,2-5H3. The molecule has 0 atom stereocenters. The summed E-state index contributed by atoms with van der Waals surface area (Å²) in [7, 11) is 1.69. The van der Waals surface area contributed by atoms with E-state index in [1.54, 1.807) is 30.7 Å². The van der Waals surface area contributed by atoms with Gasteiger partial charge in [0, 0.05) is 19.2 Å². The third-order valence-electron chi connectivity index (χ3n) is 4.67. The van der Waals surface area contributed by atoms with E-state index in [-0.39, 0.29) is 12.1 Å². The molecule has 0 saturated heterocycles. The topological polar surface area (TPSA) is 80.3 Å². The lowest BCUT2D eigenvalue weighted by atomic mass is 10.2. The van der Waals surface area contributed by atoms with Gasteiger partial charge in [0.25, 0.3) is 5.56 Å². The van der Waals surface area contributed by atoms with Crippen LogP contribution >= 0.6 is 0 Å². The van der Waals surface area contributed by atoms with E-state index in [1.165, 1.54) is 4.57 Å². The summed E-state index contributed by atoms with van der Waals surface area (Å²) >= 11 is 0. The Kier molecular flexibility index (Phi) is 6.52. The molecule has 0 unspecified atom stereocenters. The van der Waals surface area contributed by atoms with E-state index in [4.69, 9.17) is 15.9 Å². The second-order valence-electron chi connectivity index (χ2n) is 6.57. The fourth-order valence-corrected chi connectivity index (χ4v) is 3.25. The predicted octanol–water partition coefficient (Wildman–Crippen LogP) is 1.75. The highest BCUT2D eigenvalue weighted by molar-refractivity contribution is 5.72. The lowest BCUT2D eigenvalue weighted by molar-refractivity contribution is 0.287. The first-order chi connectivity index (χ1) is 15.0. The highest BCUT2D eigenvalue weighted by Crippen LogP contribution is 2.28. The van der Waals surface area contributed by atoms with Gasteiger partial charge in [0.15, 0.2) is 28.5 Å². The number of fused-ring (bicyclic) bond motifs is 1. The molecule has 0 aliphatic carbocycles. The van der Waals surface area contributed by atoms with Crippen molar-refractivity contribution in [2.24, 2.45) is 7.05 Å². The summed E-state index contributed by atoms with van der Waals surface area (Å²) in [5, 5.41) is 0. The number of hydrogen-bond acceptors (Lipinski definition) is 5. The number of ether oxygens (including phenoxy) is 2. The molecular formula is C23H24N4O4. The molecule has 8 nitrogen and oxygen atoms in total. The normalized spacial score (nSPS) is 10.4. The fourth-order valence-electron chi connectivity index (χ4n) is 3.25. The number of rotatable bonds is 6. The number of imidazole rings is 1. The van der Waals surface area contributed by atoms with Gasteiger partial charge in [0.1, 0.15) is 0 Å². The minimum atomic E-state index is -0.483. The third-order valence-corrected chi connectivity index (χ3v) is 4.67. The maximum absolute atomic E-state index is 12.8. The summed E-state index contributed by atoms with van der Waals surface area (Å²) in [6.07, 6.45) is 5.33. The first-order valence-corrected chi connectivity index (χ1v) is 10.0. The van der Waals surface area contributed by atoms with E-state index < -0.39 is 11.2 Å². The molecule has 0 N–H and O–H groups in total. The average Bonchev–Trinajstić information content (AvgIpc) is 3.08. The van der Waals surface area contributed by atoms with Gasteiger partial charge in [-0.2, -0.15) is 0 Å². The third kappa shape index (κ3) is 4.06. The number of aryl methyl sites for hydroxylation is 2. The van der Waals surface area contributed by atoms with Crippen molar-refractivity contribution >= 4 is 11.2 Å². The van der Waals surface area contributed by atoms with Gasteiger partial charge in [-0.05, 0) is 44.9 Å². The summed E-state index contributed by atoms with van der Waals surface area (Å²) in [6, 6.07) is 5.43. The van der Waals surface area contributed by atoms with Gasteiger partial charge >= 0.3 is 5.69 Å². The van der Waals surface area contributed by atoms with Crippen LogP contribution in [0.2, 0.25) is 0 Å². The summed E-state index contributed by atoms with van der Waals surface area (Å²) < 4.78 is 15.2. The van der Waals surface area contributed by atoms with Crippen molar-refractivity contribution in [3.63, 3.8) is 0 Å². The second-order valence-corrected chi connectivity index (χ2v) is 6.57. The summed E-state index contributed by atoms with van der Waals surface area (Å²) in [5.41, 5.74) is 0.312. The molecular weight excluding hydrogens is 396 g/mol. The summed E-state index contributed by atoms with van der Waals surface area (Å²) in [5.74, 6) is 10.0. The molecule has 3 aromatic rings. The molecule has 0 spiro atoms. The van der Waals surface area contributed by atoms with E-state index in [1.807, 2.05) is 19.9 Å². The zero-order valence-electron chi connectivity index (χ0n) is 18.1. The van der Waals surface area contributed by atoms with Gasteiger partial charge in [-0.3, -0.25) is 9.36 Å². The quantitative estimate of drug-likeness (QED) is 0.568. The Hall–Kier alpha value is -3.91. The average molecular weight is 420 g/mol. The van der Waals surface area contributed by atoms with Crippen molar-refractivity contribution in [1.82, 2.24) is 18.7 Å². The number of aromatic nitrogens is 4. The largest absolute Gasteiger partial charge is 0.490 e. The lowest BCUT2D eigenvalue weighted by Gasteiger charge is -2.10. The molecule has 1 aromatic carbocycles. The highest BCUT2D eigenvalue weighted by atomic mass is 16.5. The number of terminal acetylenes is 1. The van der Waals surface area contributed by atoms with Gasteiger partial charge in [-0.25, -0.2) is 14.3 Å². The van der Waals surface area contributed by atoms with Crippen LogP contribution in [0.3, 0.4) is 0 Å². The van der Waals surface area contributed by atoms with Crippen LogP contribution in [0.4, 0.5) is 0 Å². The van der Waals surface area contributed by atoms with Crippen molar-refractivity contribution in [3.05, 3.63) is 50.4 Å². The Morgan fingerprint density at radius 3 is 2.39 bits per heavy atom. The maximum Gasteiger partial charge on any atom is 0.333 e. The van der Waals surface area contributed by atoms with Crippen LogP contribution in [0.25, 0.3) is 11.2 Å². The molecule has 0 fully saturated rings. The SMILES string of the molecule is C#CCn1c(=O)c2c(nc(C#Cc3ccc(OCC)c(OCC)c3)n2C)n(CC)c1=O. The monoisotopic (exact) mass is 420 g/mol. The molecule has 0 radical (unpaired) electrons. The van der Waals surface area contributed by atoms with Crippen LogP contribution < -0.4 is 20.7 Å². The first kappa shape index (κ1) is 21.8. The van der Waals surface area contributed by atoms with Crippen LogP contribution in [0.1, 0.15) is 32.2 Å². The molecule has 2 heterocycles. The van der Waals surface area contributed by atoms with Gasteiger partial charge in [0.05, 0.1) is 19.8 Å². The van der Waals surface area contributed by atoms with Gasteiger partial charge in [0.2, 0.25) is 0 Å². The lowest BCUT2D eigenvalue weighted by Crippen LogP contribution is -2.40. The molecule has 160 valence electrons. The predicted molar refractivity (Wildman–Crippen MR) is 119 cm³/mol. The Morgan fingerprint density at radius 2 is 1.74 bits per heavy atom. The summed E-state index contributed by atoms with van der Waals surface area (Å²) in [6.45, 7) is 6.88. The molecule has 3 rings (SSSR count). The molecule has 2 aromatic heterocycles. The van der Waals surface area contributed by atoms with E-state index >= 15 is 0 Å². The van der Waals surface area contributed by atoms with E-state index in [9.17, 15) is 9.59 Å². The van der Waals surface area contributed by atoms with E-state index in [2.05, 4.69) is 22.7 Å². The molecule has 31 heavy (non-hydrogen) atoms. The minimum absolute atomic E-state index is 0.105. The van der Waals surface area contributed by atoms with Crippen molar-refractivity contribution in [2.75, 3.05) is 13.2 Å². The van der Waals surface area contributed by atoms with Crippen molar-refractivity contribution < 1.29 is 9.47 Å². The van der Waals surface area contributed by atoms with Crippen LogP contribution in [0, 0.1) is 24.2 Å². The molecule has 8 heteroatoms. The smallest absolute Gasteiger partial charge is 0.333 e. The van der Waals surface area contributed by atoms with Gasteiger partial charge < -0.3 is 14.0 Å². The fraction of sp³-hybridized carbons (Fsp3) is 0.348. The second kappa shape index (κ2) is 9.27. The zero-order chi connectivity index (χ0) is 22.5. The zero-order valence-corrected chi connectivity index (χ0v) is 18.1. The highest BCUT2D eigenvalue weighted by Gasteiger charge is 2.18. The van der Waals surface area contributed by atoms with Gasteiger partial charge in [-0.1, -0.05) is 11.8 Å². The van der Waals surface area contributed by atoms with Crippen LogP contribution in [-0.2, 0) is 20.1 Å². The molecule has 0 bridgehead atoms. The Morgan fingerprint density at radius 1 is 1.03 bits per heavy atom. The molecule has 0 aliphatic heterocycles. The van der Waals surface area contributed by atoms with E-state index in [0.717, 1.165) is 4.57 Å². The number of hydrogen-bond donors (Lipinski definition) is 0. The number of benzene rings is 1. The molecule has 0 amide bonds. The molecule has 0 saturated carbocycles. The Balaban J connectivity index is 2.14. The van der Waals surface area contributed by atoms with Crippen molar-refractivity contribution in [3.8, 4) is 35.7 Å². The van der Waals surface area contributed by atoms with Crippen molar-refractivity contribution in [2.45, 2.75) is 33.9 Å². The van der Waals surface area contributed by atoms with Crippen LogP contribution in [-0.4, -0.2) is 31.9 Å². The van der Waals surface area contributed by atoms with Crippen LogP contribution in [0.5, 0.6) is 11.5 Å². The Bertz CT molecular complexity index is 1340. The Labute approximate surface area is 180 Å². The van der Waals surface area contributed by atoms with Crippen LogP contribution in [0.15, 0.2) is 27.8 Å². The van der Waals surface area contributed by atoms with Crippen molar-refractivity contribution in [1.29, 1.82) is 0 Å². The minimum Gasteiger partial charge on any atom is -0.490 e. The van der Waals surface area contributed by atoms with E-state index in [0.29, 0.717) is 48.3 Å². The number of nitrogens with zero attached hydrogens (tertiary/aromatic N) is 4. The first-order valence-electron chi connectivity index (χ1n) is 10.0. The maximum atomic E-state index is 12.8. The van der Waals surface area contributed by atoms with Gasteiger partial charge in [-0.15, -0.1) is 6.42 Å². The summed E-state index contributed by atoms with van der Waals surface area (Å²) in [4.78, 5) is 29.9.